The lowest BCUT2D eigenvalue weighted by molar-refractivity contribution is -0.145. The van der Waals surface area contributed by atoms with Crippen molar-refractivity contribution in [3.8, 4) is 5.69 Å². The molecule has 0 fully saturated rings. The Labute approximate surface area is 287 Å². The van der Waals surface area contributed by atoms with Crippen LogP contribution in [0.15, 0.2) is 90.6 Å². The van der Waals surface area contributed by atoms with Crippen molar-refractivity contribution in [3.05, 3.63) is 101 Å². The van der Waals surface area contributed by atoms with E-state index in [4.69, 9.17) is 11.6 Å². The summed E-state index contributed by atoms with van der Waals surface area (Å²) in [5.74, 6) is -4.60. The summed E-state index contributed by atoms with van der Waals surface area (Å²) in [6, 6.07) is 9.39. The second-order valence-corrected chi connectivity index (χ2v) is 10.8. The van der Waals surface area contributed by atoms with Gasteiger partial charge in [-0.1, -0.05) is 58.4 Å². The fourth-order valence-electron chi connectivity index (χ4n) is 4.55. The normalized spacial score (nSPS) is 15.9. The number of allylic oxidation sites excluding steroid dienone is 7. The third kappa shape index (κ3) is 12.3. The van der Waals surface area contributed by atoms with E-state index in [9.17, 15) is 40.3 Å². The van der Waals surface area contributed by atoms with Crippen molar-refractivity contribution in [2.24, 2.45) is 5.41 Å². The molecule has 0 spiro atoms. The fraction of sp³-hybridized carbons (Fsp3) is 0.361. The van der Waals surface area contributed by atoms with Gasteiger partial charge in [0, 0.05) is 29.0 Å². The molecule has 3 aromatic rings. The number of alkyl halides is 3. The van der Waals surface area contributed by atoms with Gasteiger partial charge in [-0.05, 0) is 80.8 Å². The highest BCUT2D eigenvalue weighted by molar-refractivity contribution is 6.31. The van der Waals surface area contributed by atoms with Gasteiger partial charge in [-0.25, -0.2) is 22.5 Å². The molecule has 0 bridgehead atoms. The molecule has 268 valence electrons. The third-order valence-electron chi connectivity index (χ3n) is 6.78. The summed E-state index contributed by atoms with van der Waals surface area (Å²) in [4.78, 5) is 28.9. The van der Waals surface area contributed by atoms with Gasteiger partial charge >= 0.3 is 6.18 Å². The molecule has 5 nitrogen and oxygen atoms in total. The Kier molecular flexibility index (Phi) is 17.8. The molecule has 49 heavy (non-hydrogen) atoms. The van der Waals surface area contributed by atoms with Crippen molar-refractivity contribution in [1.29, 1.82) is 0 Å². The first-order valence-electron chi connectivity index (χ1n) is 15.7. The molecule has 0 saturated heterocycles. The van der Waals surface area contributed by atoms with Gasteiger partial charge in [-0.3, -0.25) is 19.1 Å². The van der Waals surface area contributed by atoms with Crippen molar-refractivity contribution in [2.45, 2.75) is 79.8 Å². The molecule has 0 radical (unpaired) electrons. The van der Waals surface area contributed by atoms with Gasteiger partial charge in [0.1, 0.15) is 12.2 Å². The summed E-state index contributed by atoms with van der Waals surface area (Å²) < 4.78 is 92.3. The summed E-state index contributed by atoms with van der Waals surface area (Å²) in [5, 5.41) is 0.228. The number of anilines is 1. The molecule has 4 rings (SSSR count). The van der Waals surface area contributed by atoms with Crippen LogP contribution in [-0.4, -0.2) is 21.9 Å². The molecule has 0 saturated carbocycles. The Morgan fingerprint density at radius 1 is 1.06 bits per heavy atom. The van der Waals surface area contributed by atoms with E-state index in [1.165, 1.54) is 42.5 Å². The van der Waals surface area contributed by atoms with E-state index in [0.717, 1.165) is 28.0 Å². The van der Waals surface area contributed by atoms with Gasteiger partial charge < -0.3 is 0 Å². The van der Waals surface area contributed by atoms with Crippen LogP contribution in [0.1, 0.15) is 79.5 Å². The average Bonchev–Trinajstić information content (AvgIpc) is 3.47. The Morgan fingerprint density at radius 2 is 1.69 bits per heavy atom. The average molecular weight is 716 g/mol. The second kappa shape index (κ2) is 20.4. The number of imide groups is 1. The van der Waals surface area contributed by atoms with Gasteiger partial charge in [0.05, 0.1) is 16.7 Å². The van der Waals surface area contributed by atoms with E-state index in [-0.39, 0.29) is 59.4 Å². The SMILES string of the molecule is C/C=C/CCC/C(F)=C/F.CC.CC.CC1(CC(=O)N(C=O)c2ccc(-n3c(C(F)(F)F)nc4cc(Cl)ccc43)cc2)C=C(F)C(F)=CC1. The highest BCUT2D eigenvalue weighted by Gasteiger charge is 2.38. The number of nitrogens with zero attached hydrogens (tertiary/aromatic N) is 3. The lowest BCUT2D eigenvalue weighted by atomic mass is 9.80. The van der Waals surface area contributed by atoms with Gasteiger partial charge in [0.15, 0.2) is 11.7 Å². The van der Waals surface area contributed by atoms with E-state index in [1.807, 2.05) is 46.8 Å². The van der Waals surface area contributed by atoms with Crippen LogP contribution in [0.2, 0.25) is 5.02 Å². The van der Waals surface area contributed by atoms with Crippen molar-refractivity contribution < 1.29 is 40.3 Å². The van der Waals surface area contributed by atoms with Crippen LogP contribution in [0.5, 0.6) is 0 Å². The first-order valence-corrected chi connectivity index (χ1v) is 16.0. The van der Waals surface area contributed by atoms with E-state index < -0.39 is 40.8 Å². The fourth-order valence-corrected chi connectivity index (χ4v) is 4.72. The number of hydrogen-bond donors (Lipinski definition) is 0. The third-order valence-corrected chi connectivity index (χ3v) is 7.01. The summed E-state index contributed by atoms with van der Waals surface area (Å²) in [5.41, 5.74) is -0.645. The molecule has 1 aromatic heterocycles. The molecule has 0 aliphatic heterocycles. The highest BCUT2D eigenvalue weighted by Crippen LogP contribution is 2.38. The molecule has 13 heteroatoms. The van der Waals surface area contributed by atoms with E-state index in [2.05, 4.69) is 4.98 Å². The summed E-state index contributed by atoms with van der Waals surface area (Å²) >= 11 is 5.89. The Morgan fingerprint density at radius 3 is 2.22 bits per heavy atom. The maximum absolute atomic E-state index is 13.7. The molecule has 1 unspecified atom stereocenters. The Bertz CT molecular complexity index is 1640. The standard InChI is InChI=1S/C24H17ClF5N3O2.C8H12F2.2C2H6/c1-23(9-8-17(26)18(27)11-23)12-21(35)32(13-34)15-3-5-16(6-4-15)33-20-7-2-14(25)10-19(20)31-22(33)24(28,29)30;1-2-3-4-5-6-8(10)7-9;2*1-2/h2-8,10-11,13H,9,12H2,1H3;2-3,7H,4-6H2,1H3;2*1-2H3/b;3-2+,8-7-;;. The number of benzene rings is 2. The molecule has 1 aliphatic carbocycles. The first-order chi connectivity index (χ1) is 23.2. The van der Waals surface area contributed by atoms with Crippen molar-refractivity contribution in [3.63, 3.8) is 0 Å². The Hall–Kier alpha value is -4.19. The smallest absolute Gasteiger partial charge is 0.289 e. The molecule has 0 N–H and O–H groups in total. The largest absolute Gasteiger partial charge is 0.450 e. The molecular weight excluding hydrogens is 675 g/mol. The Balaban J connectivity index is 0.000000732. The van der Waals surface area contributed by atoms with Gasteiger partial charge in [0.2, 0.25) is 18.1 Å². The van der Waals surface area contributed by atoms with E-state index >= 15 is 0 Å². The quantitative estimate of drug-likeness (QED) is 0.0959. The minimum atomic E-state index is -4.76. The number of rotatable bonds is 9. The molecule has 2 aromatic carbocycles. The van der Waals surface area contributed by atoms with Crippen molar-refractivity contribution in [2.75, 3.05) is 4.90 Å². The predicted octanol–water partition coefficient (Wildman–Crippen LogP) is 12.3. The van der Waals surface area contributed by atoms with E-state index in [1.54, 1.807) is 6.92 Å². The zero-order chi connectivity index (χ0) is 37.4. The lowest BCUT2D eigenvalue weighted by Crippen LogP contribution is -2.34. The molecule has 1 heterocycles. The number of amides is 2. The second-order valence-electron chi connectivity index (χ2n) is 10.4. The van der Waals surface area contributed by atoms with Crippen LogP contribution in [0.3, 0.4) is 0 Å². The maximum atomic E-state index is 13.7. The zero-order valence-corrected chi connectivity index (χ0v) is 29.0. The lowest BCUT2D eigenvalue weighted by Gasteiger charge is -2.28. The predicted molar refractivity (Wildman–Crippen MR) is 182 cm³/mol. The number of halogens is 8. The molecular formula is C36H41ClF7N3O2. The number of hydrogen-bond acceptors (Lipinski definition) is 3. The van der Waals surface area contributed by atoms with Gasteiger partial charge in [-0.2, -0.15) is 13.2 Å². The molecule has 1 atom stereocenters. The molecule has 1 aliphatic rings. The zero-order valence-electron chi connectivity index (χ0n) is 28.2. The molecule has 2 amide bonds. The first kappa shape index (κ1) is 42.8. The number of carbonyl (C=O) groups is 2. The number of carbonyl (C=O) groups excluding carboxylic acids is 2. The van der Waals surface area contributed by atoms with Crippen molar-refractivity contribution in [1.82, 2.24) is 9.55 Å². The van der Waals surface area contributed by atoms with Crippen LogP contribution in [0.4, 0.5) is 36.4 Å². The van der Waals surface area contributed by atoms with Crippen molar-refractivity contribution >= 4 is 40.6 Å². The number of aromatic nitrogens is 2. The van der Waals surface area contributed by atoms with Gasteiger partial charge in [0.25, 0.3) is 0 Å². The summed E-state index contributed by atoms with van der Waals surface area (Å²) in [6.45, 7) is 11.5. The van der Waals surface area contributed by atoms with Crippen LogP contribution in [0.25, 0.3) is 16.7 Å². The highest BCUT2D eigenvalue weighted by atomic mass is 35.5. The monoisotopic (exact) mass is 715 g/mol. The van der Waals surface area contributed by atoms with Crippen LogP contribution in [0, 0.1) is 5.41 Å². The minimum Gasteiger partial charge on any atom is -0.289 e. The van der Waals surface area contributed by atoms with Crippen LogP contribution >= 0.6 is 11.6 Å². The minimum absolute atomic E-state index is 0.0235. The number of imidazole rings is 1. The maximum Gasteiger partial charge on any atom is 0.450 e. The van der Waals surface area contributed by atoms with Crippen LogP contribution < -0.4 is 4.90 Å². The number of unbranched alkanes of at least 4 members (excludes halogenated alkanes) is 1. The summed E-state index contributed by atoms with van der Waals surface area (Å²) in [6.07, 6.45) is 2.85. The summed E-state index contributed by atoms with van der Waals surface area (Å²) in [7, 11) is 0. The van der Waals surface area contributed by atoms with E-state index in [0.29, 0.717) is 6.42 Å². The van der Waals surface area contributed by atoms with Crippen LogP contribution in [-0.2, 0) is 15.8 Å². The topological polar surface area (TPSA) is 55.2 Å². The number of fused-ring (bicyclic) bond motifs is 1. The van der Waals surface area contributed by atoms with Gasteiger partial charge in [-0.15, -0.1) is 0 Å².